The van der Waals surface area contributed by atoms with Crippen molar-refractivity contribution >= 4 is 16.6 Å². The number of hydrogen-bond acceptors (Lipinski definition) is 5. The van der Waals surface area contributed by atoms with Crippen molar-refractivity contribution in [1.82, 2.24) is 15.1 Å². The Kier molecular flexibility index (Phi) is 6.45. The number of nitrogens with zero attached hydrogens (tertiary/aromatic N) is 3. The molecule has 1 saturated heterocycles. The summed E-state index contributed by atoms with van der Waals surface area (Å²) in [5.74, 6) is 0.972. The van der Waals surface area contributed by atoms with E-state index >= 15 is 0 Å². The number of rotatable bonds is 4. The first kappa shape index (κ1) is 25.0. The van der Waals surface area contributed by atoms with Crippen molar-refractivity contribution in [3.8, 4) is 0 Å². The minimum Gasteiger partial charge on any atom is -0.349 e. The molecule has 0 bridgehead atoms. The number of alkyl halides is 3. The van der Waals surface area contributed by atoms with Crippen LogP contribution in [0.2, 0.25) is 0 Å². The molecule has 1 saturated carbocycles. The molecule has 3 aromatic rings. The van der Waals surface area contributed by atoms with Crippen LogP contribution in [0.4, 0.5) is 19.0 Å². The Morgan fingerprint density at radius 2 is 1.81 bits per heavy atom. The molecule has 1 atom stereocenters. The second kappa shape index (κ2) is 9.30. The Morgan fingerprint density at radius 1 is 1.06 bits per heavy atom. The van der Waals surface area contributed by atoms with Crippen LogP contribution in [0.25, 0.3) is 10.8 Å². The zero-order valence-electron chi connectivity index (χ0n) is 21.1. The molecule has 2 aromatic carbocycles. The Morgan fingerprint density at radius 3 is 2.47 bits per heavy atom. The third kappa shape index (κ3) is 4.45. The number of anilines is 1. The van der Waals surface area contributed by atoms with Crippen molar-refractivity contribution in [2.45, 2.75) is 76.2 Å². The molecule has 5 rings (SSSR count). The van der Waals surface area contributed by atoms with Gasteiger partial charge in [0.05, 0.1) is 11.3 Å². The molecule has 5 nitrogen and oxygen atoms in total. The Hall–Kier alpha value is -2.71. The van der Waals surface area contributed by atoms with E-state index in [2.05, 4.69) is 45.7 Å². The van der Waals surface area contributed by atoms with Crippen LogP contribution >= 0.6 is 0 Å². The van der Waals surface area contributed by atoms with E-state index in [9.17, 15) is 13.2 Å². The summed E-state index contributed by atoms with van der Waals surface area (Å²) < 4.78 is 40.3. The number of nitrogens with one attached hydrogen (secondary N) is 1. The zero-order chi connectivity index (χ0) is 25.7. The van der Waals surface area contributed by atoms with Gasteiger partial charge in [-0.1, -0.05) is 24.3 Å². The summed E-state index contributed by atoms with van der Waals surface area (Å²) in [5.41, 5.74) is 8.65. The molecular weight excluding hydrogens is 463 g/mol. The van der Waals surface area contributed by atoms with Crippen LogP contribution in [-0.2, 0) is 6.18 Å². The predicted octanol–water partition coefficient (Wildman–Crippen LogP) is 6.46. The molecule has 2 aliphatic rings. The molecule has 2 fully saturated rings. The molecule has 0 amide bonds. The third-order valence-corrected chi connectivity index (χ3v) is 8.63. The number of aryl methyl sites for hydroxylation is 1. The van der Waals surface area contributed by atoms with Crippen LogP contribution in [0.3, 0.4) is 0 Å². The number of hydrogen-bond donors (Lipinski definition) is 2. The fourth-order valence-corrected chi connectivity index (χ4v) is 6.38. The number of halogens is 3. The lowest BCUT2D eigenvalue weighted by Crippen LogP contribution is -2.43. The van der Waals surface area contributed by atoms with Gasteiger partial charge >= 0.3 is 6.18 Å². The Balaban J connectivity index is 1.43. The average molecular weight is 498 g/mol. The van der Waals surface area contributed by atoms with Crippen molar-refractivity contribution < 1.29 is 13.2 Å². The van der Waals surface area contributed by atoms with Crippen molar-refractivity contribution in [3.63, 3.8) is 0 Å². The second-order valence-corrected chi connectivity index (χ2v) is 10.6. The van der Waals surface area contributed by atoms with Gasteiger partial charge in [0.1, 0.15) is 6.17 Å². The maximum Gasteiger partial charge on any atom is 0.416 e. The van der Waals surface area contributed by atoms with Gasteiger partial charge in [0.2, 0.25) is 0 Å². The largest absolute Gasteiger partial charge is 0.416 e. The summed E-state index contributed by atoms with van der Waals surface area (Å²) in [6.45, 7) is 4.56. The predicted molar refractivity (Wildman–Crippen MR) is 137 cm³/mol. The number of fused-ring (bicyclic) bond motifs is 1. The number of aromatic nitrogens is 2. The van der Waals surface area contributed by atoms with E-state index in [1.165, 1.54) is 50.8 Å². The molecule has 1 spiro atoms. The molecule has 36 heavy (non-hydrogen) atoms. The van der Waals surface area contributed by atoms with E-state index < -0.39 is 17.9 Å². The third-order valence-electron chi connectivity index (χ3n) is 8.63. The van der Waals surface area contributed by atoms with Gasteiger partial charge in [0.15, 0.2) is 5.82 Å². The molecule has 1 aromatic heterocycles. The zero-order valence-corrected chi connectivity index (χ0v) is 21.1. The van der Waals surface area contributed by atoms with E-state index in [-0.39, 0.29) is 5.56 Å². The molecule has 2 heterocycles. The van der Waals surface area contributed by atoms with E-state index in [1.807, 2.05) is 6.92 Å². The molecule has 1 aliphatic heterocycles. The highest BCUT2D eigenvalue weighted by Crippen LogP contribution is 2.46. The maximum absolute atomic E-state index is 13.4. The fraction of sp³-hybridized carbons (Fsp3) is 0.500. The summed E-state index contributed by atoms with van der Waals surface area (Å²) in [6, 6.07) is 10.5. The molecule has 1 aliphatic carbocycles. The molecule has 8 heteroatoms. The summed E-state index contributed by atoms with van der Waals surface area (Å²) in [5, 5.41) is 13.7. The SMILES string of the molecule is Cc1c([C@@H](N)Nc2nnc(C)c3ccc(C4CCC5(CCCN5C)CC4)cc23)cccc1C(F)(F)F. The second-order valence-electron chi connectivity index (χ2n) is 10.6. The first-order valence-electron chi connectivity index (χ1n) is 12.8. The van der Waals surface area contributed by atoms with Crippen molar-refractivity contribution in [2.75, 3.05) is 18.9 Å². The van der Waals surface area contributed by atoms with Gasteiger partial charge in [-0.15, -0.1) is 5.10 Å². The quantitative estimate of drug-likeness (QED) is 0.405. The number of nitrogens with two attached hydrogens (primary N) is 1. The summed E-state index contributed by atoms with van der Waals surface area (Å²) in [4.78, 5) is 2.56. The lowest BCUT2D eigenvalue weighted by Gasteiger charge is -2.42. The van der Waals surface area contributed by atoms with E-state index in [1.54, 1.807) is 6.07 Å². The summed E-state index contributed by atoms with van der Waals surface area (Å²) in [6.07, 6.45) is 2.02. The van der Waals surface area contributed by atoms with Crippen molar-refractivity contribution in [3.05, 3.63) is 64.3 Å². The molecule has 0 radical (unpaired) electrons. The monoisotopic (exact) mass is 497 g/mol. The highest BCUT2D eigenvalue weighted by molar-refractivity contribution is 5.93. The van der Waals surface area contributed by atoms with Crippen LogP contribution in [0.15, 0.2) is 36.4 Å². The van der Waals surface area contributed by atoms with Crippen LogP contribution in [0.1, 0.15) is 78.6 Å². The summed E-state index contributed by atoms with van der Waals surface area (Å²) >= 11 is 0. The Bertz CT molecular complexity index is 1260. The van der Waals surface area contributed by atoms with Gasteiger partial charge in [0, 0.05) is 16.3 Å². The van der Waals surface area contributed by atoms with Gasteiger partial charge in [-0.05, 0) is 101 Å². The molecule has 192 valence electrons. The van der Waals surface area contributed by atoms with Crippen LogP contribution < -0.4 is 11.1 Å². The topological polar surface area (TPSA) is 67.1 Å². The lowest BCUT2D eigenvalue weighted by molar-refractivity contribution is -0.138. The van der Waals surface area contributed by atoms with Gasteiger partial charge in [-0.2, -0.15) is 18.3 Å². The first-order chi connectivity index (χ1) is 17.1. The van der Waals surface area contributed by atoms with Gasteiger partial charge in [0.25, 0.3) is 0 Å². The van der Waals surface area contributed by atoms with E-state index in [0.717, 1.165) is 35.4 Å². The average Bonchev–Trinajstić information content (AvgIpc) is 3.19. The standard InChI is InChI=1S/C28H34F3N5/c1-17-21(6-4-7-24(17)28(29,30)31)25(32)33-26-23-16-20(8-9-22(23)18(2)34-35-26)19-10-13-27(14-11-19)12-5-15-36(27)3/h4,6-9,16,19,25H,5,10-15,32H2,1-3H3,(H,33,35)/t19?,25-,27?/m0/s1. The van der Waals surface area contributed by atoms with Gasteiger partial charge in [-0.25, -0.2) is 0 Å². The first-order valence-corrected chi connectivity index (χ1v) is 12.8. The highest BCUT2D eigenvalue weighted by Gasteiger charge is 2.41. The van der Waals surface area contributed by atoms with E-state index in [0.29, 0.717) is 22.8 Å². The number of benzene rings is 2. The van der Waals surface area contributed by atoms with Crippen molar-refractivity contribution in [1.29, 1.82) is 0 Å². The lowest BCUT2D eigenvalue weighted by atomic mass is 9.73. The number of likely N-dealkylation sites (tertiary alicyclic amines) is 1. The smallest absolute Gasteiger partial charge is 0.349 e. The van der Waals surface area contributed by atoms with Gasteiger partial charge in [-0.3, -0.25) is 0 Å². The van der Waals surface area contributed by atoms with E-state index in [4.69, 9.17) is 5.73 Å². The summed E-state index contributed by atoms with van der Waals surface area (Å²) in [7, 11) is 2.26. The molecule has 3 N–H and O–H groups in total. The minimum atomic E-state index is -4.43. The fourth-order valence-electron chi connectivity index (χ4n) is 6.38. The minimum absolute atomic E-state index is 0.114. The van der Waals surface area contributed by atoms with Crippen LogP contribution in [0, 0.1) is 13.8 Å². The molecule has 0 unspecified atom stereocenters. The highest BCUT2D eigenvalue weighted by atomic mass is 19.4. The van der Waals surface area contributed by atoms with Crippen LogP contribution in [0.5, 0.6) is 0 Å². The Labute approximate surface area is 210 Å². The maximum atomic E-state index is 13.4. The normalized spacial score (nSPS) is 23.9. The molecular formula is C28H34F3N5. The van der Waals surface area contributed by atoms with Crippen LogP contribution in [-0.4, -0.2) is 34.2 Å². The van der Waals surface area contributed by atoms with Gasteiger partial charge < -0.3 is 16.0 Å². The van der Waals surface area contributed by atoms with Crippen molar-refractivity contribution in [2.24, 2.45) is 5.73 Å².